The first-order valence-electron chi connectivity index (χ1n) is 7.68. The molecule has 0 heterocycles. The van der Waals surface area contributed by atoms with Gasteiger partial charge in [0.25, 0.3) is 0 Å². The van der Waals surface area contributed by atoms with Gasteiger partial charge in [0.05, 0.1) is 5.54 Å². The fourth-order valence-electron chi connectivity index (χ4n) is 2.58. The van der Waals surface area contributed by atoms with Crippen molar-refractivity contribution in [3.8, 4) is 0 Å². The van der Waals surface area contributed by atoms with E-state index < -0.39 is 5.54 Å². The van der Waals surface area contributed by atoms with Crippen molar-refractivity contribution in [3.05, 3.63) is 83.4 Å². The summed E-state index contributed by atoms with van der Waals surface area (Å²) in [5.74, 6) is -0.0305. The van der Waals surface area contributed by atoms with Crippen molar-refractivity contribution in [2.45, 2.75) is 32.7 Å². The standard InChI is InChI=1S/C20H23NO/c1-4-11-16(2)19(22)21-20(3,17-12-7-5-8-13-17)18-14-9-6-10-15-18/h5-15H,4H2,1-3H3,(H,21,22)/b16-11+. The first kappa shape index (κ1) is 16.0. The van der Waals surface area contributed by atoms with E-state index in [1.54, 1.807) is 0 Å². The van der Waals surface area contributed by atoms with Crippen LogP contribution in [-0.2, 0) is 10.3 Å². The maximum absolute atomic E-state index is 12.5. The molecule has 2 aromatic rings. The van der Waals surface area contributed by atoms with Crippen molar-refractivity contribution in [1.29, 1.82) is 0 Å². The third kappa shape index (κ3) is 3.45. The van der Waals surface area contributed by atoms with Crippen LogP contribution in [0.3, 0.4) is 0 Å². The molecule has 0 fully saturated rings. The van der Waals surface area contributed by atoms with E-state index in [9.17, 15) is 4.79 Å². The molecule has 0 bridgehead atoms. The summed E-state index contributed by atoms with van der Waals surface area (Å²) < 4.78 is 0. The third-order valence-corrected chi connectivity index (χ3v) is 3.93. The first-order chi connectivity index (χ1) is 10.6. The van der Waals surface area contributed by atoms with Crippen LogP contribution < -0.4 is 5.32 Å². The maximum atomic E-state index is 12.5. The number of benzene rings is 2. The second-order valence-corrected chi connectivity index (χ2v) is 5.61. The van der Waals surface area contributed by atoms with E-state index in [4.69, 9.17) is 0 Å². The maximum Gasteiger partial charge on any atom is 0.247 e. The molecule has 0 atom stereocenters. The smallest absolute Gasteiger partial charge is 0.247 e. The van der Waals surface area contributed by atoms with Crippen molar-refractivity contribution in [2.24, 2.45) is 0 Å². The van der Waals surface area contributed by atoms with Crippen LogP contribution in [-0.4, -0.2) is 5.91 Å². The molecule has 0 spiro atoms. The van der Waals surface area contributed by atoms with Crippen LogP contribution in [0.1, 0.15) is 38.3 Å². The van der Waals surface area contributed by atoms with Gasteiger partial charge in [-0.25, -0.2) is 0 Å². The highest BCUT2D eigenvalue weighted by Gasteiger charge is 2.30. The molecular weight excluding hydrogens is 270 g/mol. The molecule has 0 unspecified atom stereocenters. The van der Waals surface area contributed by atoms with Gasteiger partial charge in [-0.1, -0.05) is 73.7 Å². The molecule has 0 aromatic heterocycles. The number of nitrogens with one attached hydrogen (secondary N) is 1. The average Bonchev–Trinajstić information content (AvgIpc) is 2.56. The van der Waals surface area contributed by atoms with Crippen molar-refractivity contribution in [3.63, 3.8) is 0 Å². The van der Waals surface area contributed by atoms with Crippen molar-refractivity contribution >= 4 is 5.91 Å². The van der Waals surface area contributed by atoms with Gasteiger partial charge in [-0.2, -0.15) is 0 Å². The summed E-state index contributed by atoms with van der Waals surface area (Å²) in [7, 11) is 0. The molecule has 1 N–H and O–H groups in total. The van der Waals surface area contributed by atoms with E-state index >= 15 is 0 Å². The lowest BCUT2D eigenvalue weighted by Crippen LogP contribution is -2.44. The second-order valence-electron chi connectivity index (χ2n) is 5.61. The molecule has 2 rings (SSSR count). The number of hydrogen-bond donors (Lipinski definition) is 1. The summed E-state index contributed by atoms with van der Waals surface area (Å²) in [6.45, 7) is 5.94. The molecule has 2 nitrogen and oxygen atoms in total. The number of amides is 1. The van der Waals surface area contributed by atoms with E-state index in [1.807, 2.05) is 80.6 Å². The number of carbonyl (C=O) groups excluding carboxylic acids is 1. The zero-order valence-corrected chi connectivity index (χ0v) is 13.5. The lowest BCUT2D eigenvalue weighted by Gasteiger charge is -2.32. The number of allylic oxidation sites excluding steroid dienone is 1. The predicted molar refractivity (Wildman–Crippen MR) is 91.5 cm³/mol. The zero-order valence-electron chi connectivity index (χ0n) is 13.5. The fraction of sp³-hybridized carbons (Fsp3) is 0.250. The molecule has 2 heteroatoms. The normalized spacial score (nSPS) is 12.0. The van der Waals surface area contributed by atoms with Crippen LogP contribution in [0.4, 0.5) is 0 Å². The molecule has 0 saturated heterocycles. The Morgan fingerprint density at radius 2 is 1.45 bits per heavy atom. The quantitative estimate of drug-likeness (QED) is 0.812. The summed E-state index contributed by atoms with van der Waals surface area (Å²) in [5.41, 5.74) is 2.33. The van der Waals surface area contributed by atoms with Gasteiger partial charge in [0.2, 0.25) is 5.91 Å². The second kappa shape index (κ2) is 7.08. The summed E-state index contributed by atoms with van der Waals surface area (Å²) in [5, 5.41) is 3.20. The molecule has 0 aliphatic rings. The molecule has 0 aliphatic carbocycles. The highest BCUT2D eigenvalue weighted by Crippen LogP contribution is 2.29. The molecule has 0 aliphatic heterocycles. The van der Waals surface area contributed by atoms with E-state index in [0.29, 0.717) is 0 Å². The zero-order chi connectivity index (χ0) is 16.0. The summed E-state index contributed by atoms with van der Waals surface area (Å²) in [6.07, 6.45) is 2.80. The molecule has 114 valence electrons. The topological polar surface area (TPSA) is 29.1 Å². The Hall–Kier alpha value is -2.35. The lowest BCUT2D eigenvalue weighted by molar-refractivity contribution is -0.118. The van der Waals surface area contributed by atoms with Crippen LogP contribution in [0.2, 0.25) is 0 Å². The molecule has 1 amide bonds. The van der Waals surface area contributed by atoms with Gasteiger partial charge < -0.3 is 5.32 Å². The van der Waals surface area contributed by atoms with E-state index in [1.165, 1.54) is 0 Å². The number of carbonyl (C=O) groups is 1. The first-order valence-corrected chi connectivity index (χ1v) is 7.68. The van der Waals surface area contributed by atoms with Crippen LogP contribution in [0.15, 0.2) is 72.3 Å². The van der Waals surface area contributed by atoms with Crippen molar-refractivity contribution in [2.75, 3.05) is 0 Å². The summed E-state index contributed by atoms with van der Waals surface area (Å²) in [6, 6.07) is 20.2. The van der Waals surface area contributed by atoms with E-state index in [2.05, 4.69) is 12.2 Å². The van der Waals surface area contributed by atoms with Gasteiger partial charge in [0, 0.05) is 5.57 Å². The summed E-state index contributed by atoms with van der Waals surface area (Å²) >= 11 is 0. The Bertz CT molecular complexity index is 604. The number of hydrogen-bond acceptors (Lipinski definition) is 1. The monoisotopic (exact) mass is 293 g/mol. The molecular formula is C20H23NO. The molecule has 22 heavy (non-hydrogen) atoms. The van der Waals surface area contributed by atoms with Gasteiger partial charge >= 0.3 is 0 Å². The minimum absolute atomic E-state index is 0.0305. The minimum atomic E-state index is -0.553. The van der Waals surface area contributed by atoms with Gasteiger partial charge in [0.15, 0.2) is 0 Å². The van der Waals surface area contributed by atoms with Crippen molar-refractivity contribution in [1.82, 2.24) is 5.32 Å². The predicted octanol–water partition coefficient (Wildman–Crippen LogP) is 4.42. The Balaban J connectivity index is 2.44. The Kier molecular flexibility index (Phi) is 5.16. The SMILES string of the molecule is CC/C=C(\C)C(=O)NC(C)(c1ccccc1)c1ccccc1. The minimum Gasteiger partial charge on any atom is -0.339 e. The van der Waals surface area contributed by atoms with Gasteiger partial charge in [0.1, 0.15) is 0 Å². The lowest BCUT2D eigenvalue weighted by atomic mass is 9.84. The van der Waals surface area contributed by atoms with Crippen LogP contribution in [0, 0.1) is 0 Å². The van der Waals surface area contributed by atoms with E-state index in [0.717, 1.165) is 23.1 Å². The summed E-state index contributed by atoms with van der Waals surface area (Å²) in [4.78, 5) is 12.5. The Morgan fingerprint density at radius 3 is 1.86 bits per heavy atom. The largest absolute Gasteiger partial charge is 0.339 e. The van der Waals surface area contributed by atoms with Crippen molar-refractivity contribution < 1.29 is 4.79 Å². The third-order valence-electron chi connectivity index (χ3n) is 3.93. The highest BCUT2D eigenvalue weighted by atomic mass is 16.1. The highest BCUT2D eigenvalue weighted by molar-refractivity contribution is 5.93. The average molecular weight is 293 g/mol. The van der Waals surface area contributed by atoms with Crippen LogP contribution >= 0.6 is 0 Å². The molecule has 0 saturated carbocycles. The van der Waals surface area contributed by atoms with Gasteiger partial charge in [-0.15, -0.1) is 0 Å². The fourth-order valence-corrected chi connectivity index (χ4v) is 2.58. The van der Waals surface area contributed by atoms with Crippen LogP contribution in [0.5, 0.6) is 0 Å². The number of rotatable bonds is 5. The van der Waals surface area contributed by atoms with Crippen LogP contribution in [0.25, 0.3) is 0 Å². The Morgan fingerprint density at radius 1 is 1.00 bits per heavy atom. The van der Waals surface area contributed by atoms with E-state index in [-0.39, 0.29) is 5.91 Å². The van der Waals surface area contributed by atoms with Gasteiger partial charge in [-0.05, 0) is 31.4 Å². The molecule has 0 radical (unpaired) electrons. The van der Waals surface area contributed by atoms with Gasteiger partial charge in [-0.3, -0.25) is 4.79 Å². The molecule has 2 aromatic carbocycles. The Labute approximate surface area is 132 Å².